The molecule has 3 rings (SSSR count). The summed E-state index contributed by atoms with van der Waals surface area (Å²) in [5, 5.41) is 2.94. The van der Waals surface area contributed by atoms with Crippen LogP contribution in [0.5, 0.6) is 0 Å². The molecule has 1 saturated heterocycles. The minimum absolute atomic E-state index is 0.112. The Morgan fingerprint density at radius 3 is 2.96 bits per heavy atom. The second-order valence-electron chi connectivity index (χ2n) is 5.56. The molecule has 1 fully saturated rings. The number of hydrogen-bond donors (Lipinski definition) is 0. The summed E-state index contributed by atoms with van der Waals surface area (Å²) in [6.45, 7) is 4.57. The van der Waals surface area contributed by atoms with E-state index in [-0.39, 0.29) is 5.91 Å². The molecule has 0 radical (unpaired) electrons. The Balaban J connectivity index is 1.64. The first kappa shape index (κ1) is 16.5. The van der Waals surface area contributed by atoms with Crippen molar-refractivity contribution in [3.8, 4) is 0 Å². The van der Waals surface area contributed by atoms with E-state index in [0.29, 0.717) is 0 Å². The number of rotatable bonds is 4. The molecule has 0 unspecified atom stereocenters. The summed E-state index contributed by atoms with van der Waals surface area (Å²) in [7, 11) is 0. The van der Waals surface area contributed by atoms with Crippen molar-refractivity contribution in [3.05, 3.63) is 46.3 Å². The van der Waals surface area contributed by atoms with E-state index in [9.17, 15) is 4.79 Å². The van der Waals surface area contributed by atoms with E-state index in [1.807, 2.05) is 23.3 Å². The number of carbonyl (C=O) groups excluding carboxylic acids is 1. The van der Waals surface area contributed by atoms with Gasteiger partial charge >= 0.3 is 0 Å². The number of thiophene rings is 1. The van der Waals surface area contributed by atoms with E-state index in [1.54, 1.807) is 17.5 Å². The van der Waals surface area contributed by atoms with Gasteiger partial charge in [0.15, 0.2) is 0 Å². The topological polar surface area (TPSA) is 36.4 Å². The SMILES string of the molecule is CSc1ncccc1C(=O)N1CCCN(Cc2cccs2)CC1. The van der Waals surface area contributed by atoms with Crippen molar-refractivity contribution in [2.45, 2.75) is 18.0 Å². The summed E-state index contributed by atoms with van der Waals surface area (Å²) in [6.07, 6.45) is 4.73. The Hall–Kier alpha value is -1.37. The van der Waals surface area contributed by atoms with Crippen LogP contribution in [0.25, 0.3) is 0 Å². The third-order valence-electron chi connectivity index (χ3n) is 4.03. The zero-order valence-electron chi connectivity index (χ0n) is 13.3. The van der Waals surface area contributed by atoms with Crippen molar-refractivity contribution in [3.63, 3.8) is 0 Å². The van der Waals surface area contributed by atoms with Crippen LogP contribution in [0.1, 0.15) is 21.7 Å². The maximum Gasteiger partial charge on any atom is 0.256 e. The van der Waals surface area contributed by atoms with E-state index >= 15 is 0 Å². The molecule has 0 N–H and O–H groups in total. The Morgan fingerprint density at radius 1 is 1.26 bits per heavy atom. The lowest BCUT2D eigenvalue weighted by molar-refractivity contribution is 0.0757. The quantitative estimate of drug-likeness (QED) is 0.796. The predicted molar refractivity (Wildman–Crippen MR) is 96.1 cm³/mol. The van der Waals surface area contributed by atoms with Gasteiger partial charge in [-0.15, -0.1) is 23.1 Å². The van der Waals surface area contributed by atoms with Crippen LogP contribution in [-0.2, 0) is 6.54 Å². The molecule has 23 heavy (non-hydrogen) atoms. The van der Waals surface area contributed by atoms with Crippen LogP contribution in [-0.4, -0.2) is 53.1 Å². The van der Waals surface area contributed by atoms with Crippen LogP contribution in [0.2, 0.25) is 0 Å². The van der Waals surface area contributed by atoms with Crippen LogP contribution in [0, 0.1) is 0 Å². The predicted octanol–water partition coefficient (Wildman–Crippen LogP) is 3.21. The van der Waals surface area contributed by atoms with E-state index < -0.39 is 0 Å². The molecule has 0 saturated carbocycles. The first-order valence-corrected chi connectivity index (χ1v) is 9.91. The van der Waals surface area contributed by atoms with Gasteiger partial charge in [0.25, 0.3) is 5.91 Å². The average molecular weight is 348 g/mol. The van der Waals surface area contributed by atoms with Gasteiger partial charge in [0.05, 0.1) is 5.56 Å². The lowest BCUT2D eigenvalue weighted by Crippen LogP contribution is -2.35. The van der Waals surface area contributed by atoms with Gasteiger partial charge in [0.2, 0.25) is 0 Å². The van der Waals surface area contributed by atoms with Crippen LogP contribution in [0.15, 0.2) is 40.9 Å². The maximum absolute atomic E-state index is 12.8. The van der Waals surface area contributed by atoms with Crippen molar-refractivity contribution in [1.82, 2.24) is 14.8 Å². The first-order chi connectivity index (χ1) is 11.3. The molecule has 0 bridgehead atoms. The zero-order valence-corrected chi connectivity index (χ0v) is 14.9. The third-order valence-corrected chi connectivity index (χ3v) is 5.60. The second kappa shape index (κ2) is 7.95. The summed E-state index contributed by atoms with van der Waals surface area (Å²) < 4.78 is 0. The Morgan fingerprint density at radius 2 is 2.17 bits per heavy atom. The molecule has 1 amide bonds. The van der Waals surface area contributed by atoms with Crippen LogP contribution >= 0.6 is 23.1 Å². The highest BCUT2D eigenvalue weighted by Gasteiger charge is 2.22. The molecule has 1 aliphatic heterocycles. The largest absolute Gasteiger partial charge is 0.337 e. The standard InChI is InChI=1S/C17H21N3OS2/c1-22-16-15(6-2-7-18-16)17(21)20-9-4-8-19(10-11-20)13-14-5-3-12-23-14/h2-3,5-7,12H,4,8-11,13H2,1H3. The average Bonchev–Trinajstić information content (AvgIpc) is 2.98. The van der Waals surface area contributed by atoms with E-state index in [4.69, 9.17) is 0 Å². The van der Waals surface area contributed by atoms with Crippen molar-refractivity contribution in [1.29, 1.82) is 0 Å². The van der Waals surface area contributed by atoms with Gasteiger partial charge in [0, 0.05) is 43.8 Å². The third kappa shape index (κ3) is 4.13. The number of thioether (sulfide) groups is 1. The number of carbonyl (C=O) groups is 1. The van der Waals surface area contributed by atoms with Crippen molar-refractivity contribution in [2.24, 2.45) is 0 Å². The zero-order chi connectivity index (χ0) is 16.1. The van der Waals surface area contributed by atoms with Gasteiger partial charge in [0.1, 0.15) is 5.03 Å². The fraction of sp³-hybridized carbons (Fsp3) is 0.412. The molecule has 2 aromatic heterocycles. The summed E-state index contributed by atoms with van der Waals surface area (Å²) >= 11 is 3.33. The fourth-order valence-corrected chi connectivity index (χ4v) is 4.13. The monoisotopic (exact) mass is 347 g/mol. The Bertz CT molecular complexity index is 645. The van der Waals surface area contributed by atoms with Crippen LogP contribution < -0.4 is 0 Å². The van der Waals surface area contributed by atoms with Crippen molar-refractivity contribution < 1.29 is 4.79 Å². The molecule has 3 heterocycles. The summed E-state index contributed by atoms with van der Waals surface area (Å²) in [5.74, 6) is 0.112. The van der Waals surface area contributed by atoms with Gasteiger partial charge in [-0.2, -0.15) is 0 Å². The molecule has 0 atom stereocenters. The second-order valence-corrected chi connectivity index (χ2v) is 7.39. The lowest BCUT2D eigenvalue weighted by Gasteiger charge is -2.22. The lowest BCUT2D eigenvalue weighted by atomic mass is 10.2. The fourth-order valence-electron chi connectivity index (χ4n) is 2.84. The van der Waals surface area contributed by atoms with Crippen molar-refractivity contribution >= 4 is 29.0 Å². The first-order valence-electron chi connectivity index (χ1n) is 7.81. The normalized spacial score (nSPS) is 16.3. The molecule has 2 aromatic rings. The smallest absolute Gasteiger partial charge is 0.256 e. The van der Waals surface area contributed by atoms with Gasteiger partial charge in [-0.3, -0.25) is 9.69 Å². The number of nitrogens with zero attached hydrogens (tertiary/aromatic N) is 3. The summed E-state index contributed by atoms with van der Waals surface area (Å²) in [5.41, 5.74) is 0.728. The van der Waals surface area contributed by atoms with Gasteiger partial charge < -0.3 is 4.90 Å². The molecular formula is C17H21N3OS2. The highest BCUT2D eigenvalue weighted by atomic mass is 32.2. The molecule has 0 aliphatic carbocycles. The Labute approximate surface area is 145 Å². The number of aromatic nitrogens is 1. The van der Waals surface area contributed by atoms with E-state index in [0.717, 1.165) is 49.7 Å². The van der Waals surface area contributed by atoms with Gasteiger partial charge in [-0.05, 0) is 36.3 Å². The summed E-state index contributed by atoms with van der Waals surface area (Å²) in [4.78, 5) is 22.9. The van der Waals surface area contributed by atoms with E-state index in [1.165, 1.54) is 16.6 Å². The molecular weight excluding hydrogens is 326 g/mol. The van der Waals surface area contributed by atoms with E-state index in [2.05, 4.69) is 27.4 Å². The maximum atomic E-state index is 12.8. The minimum Gasteiger partial charge on any atom is -0.337 e. The van der Waals surface area contributed by atoms with Crippen LogP contribution in [0.3, 0.4) is 0 Å². The van der Waals surface area contributed by atoms with Gasteiger partial charge in [-0.1, -0.05) is 6.07 Å². The minimum atomic E-state index is 0.112. The molecule has 0 aromatic carbocycles. The molecule has 0 spiro atoms. The molecule has 1 aliphatic rings. The summed E-state index contributed by atoms with van der Waals surface area (Å²) in [6, 6.07) is 8.00. The number of pyridine rings is 1. The van der Waals surface area contributed by atoms with Gasteiger partial charge in [-0.25, -0.2) is 4.98 Å². The number of amides is 1. The number of hydrogen-bond acceptors (Lipinski definition) is 5. The molecule has 122 valence electrons. The van der Waals surface area contributed by atoms with Crippen LogP contribution in [0.4, 0.5) is 0 Å². The van der Waals surface area contributed by atoms with Crippen molar-refractivity contribution in [2.75, 3.05) is 32.4 Å². The highest BCUT2D eigenvalue weighted by molar-refractivity contribution is 7.98. The Kier molecular flexibility index (Phi) is 5.70. The molecule has 4 nitrogen and oxygen atoms in total. The molecule has 6 heteroatoms. The highest BCUT2D eigenvalue weighted by Crippen LogP contribution is 2.20.